The fourth-order valence-electron chi connectivity index (χ4n) is 1.74. The third-order valence-corrected chi connectivity index (χ3v) is 3.32. The van der Waals surface area contributed by atoms with Gasteiger partial charge in [0.2, 0.25) is 5.91 Å². The van der Waals surface area contributed by atoms with E-state index in [0.29, 0.717) is 13.0 Å². The first kappa shape index (κ1) is 16.6. The molecule has 0 heterocycles. The summed E-state index contributed by atoms with van der Waals surface area (Å²) in [6.07, 6.45) is 0.190. The smallest absolute Gasteiger partial charge is 0.241 e. The Hall–Kier alpha value is -1.46. The van der Waals surface area contributed by atoms with Crippen LogP contribution in [0.1, 0.15) is 25.8 Å². The molecule has 2 atom stereocenters. The molecule has 1 aromatic rings. The lowest BCUT2D eigenvalue weighted by atomic mass is 10.2. The summed E-state index contributed by atoms with van der Waals surface area (Å²) >= 11 is 0. The Morgan fingerprint density at radius 1 is 1.45 bits per heavy atom. The highest BCUT2D eigenvalue weighted by molar-refractivity contribution is 5.94. The van der Waals surface area contributed by atoms with E-state index in [1.54, 1.807) is 40.0 Å². The van der Waals surface area contributed by atoms with E-state index in [1.807, 2.05) is 4.90 Å². The molecule has 1 rings (SSSR count). The molecule has 0 spiro atoms. The molecule has 0 radical (unpaired) electrons. The molecule has 5 heteroatoms. The molecular weight excluding hydrogens is 259 g/mol. The Kier molecular flexibility index (Phi) is 6.10. The van der Waals surface area contributed by atoms with E-state index in [0.717, 1.165) is 5.56 Å². The van der Waals surface area contributed by atoms with Crippen LogP contribution in [0.4, 0.5) is 10.1 Å². The van der Waals surface area contributed by atoms with Crippen molar-refractivity contribution < 1.29 is 14.3 Å². The van der Waals surface area contributed by atoms with Crippen LogP contribution in [0.25, 0.3) is 0 Å². The maximum atomic E-state index is 13.7. The number of aliphatic hydroxyl groups excluding tert-OH is 1. The first-order valence-electron chi connectivity index (χ1n) is 6.76. The van der Waals surface area contributed by atoms with Gasteiger partial charge in [0.15, 0.2) is 0 Å². The molecule has 0 aliphatic rings. The predicted octanol–water partition coefficient (Wildman–Crippen LogP) is 2.16. The van der Waals surface area contributed by atoms with Crippen LogP contribution in [0.15, 0.2) is 18.2 Å². The highest BCUT2D eigenvalue weighted by Crippen LogP contribution is 2.16. The lowest BCUT2D eigenvalue weighted by molar-refractivity contribution is -0.120. The predicted molar refractivity (Wildman–Crippen MR) is 78.2 cm³/mol. The van der Waals surface area contributed by atoms with Crippen molar-refractivity contribution in [2.75, 3.05) is 18.9 Å². The SMILES string of the molecule is Cc1ccc(NC(=O)C(C)N(C)CCC(C)O)c(F)c1. The van der Waals surface area contributed by atoms with Crippen LogP contribution in [0, 0.1) is 12.7 Å². The van der Waals surface area contributed by atoms with E-state index in [4.69, 9.17) is 0 Å². The molecule has 2 unspecified atom stereocenters. The molecular formula is C15H23FN2O2. The Labute approximate surface area is 119 Å². The minimum absolute atomic E-state index is 0.191. The quantitative estimate of drug-likeness (QED) is 0.840. The van der Waals surface area contributed by atoms with Gasteiger partial charge in [-0.15, -0.1) is 0 Å². The molecule has 0 bridgehead atoms. The van der Waals surface area contributed by atoms with Crippen molar-refractivity contribution in [2.24, 2.45) is 0 Å². The molecule has 0 saturated heterocycles. The molecule has 2 N–H and O–H groups in total. The Balaban J connectivity index is 2.61. The van der Waals surface area contributed by atoms with Crippen molar-refractivity contribution >= 4 is 11.6 Å². The van der Waals surface area contributed by atoms with Crippen LogP contribution in [0.3, 0.4) is 0 Å². The Morgan fingerprint density at radius 3 is 2.65 bits per heavy atom. The van der Waals surface area contributed by atoms with E-state index in [1.165, 1.54) is 6.07 Å². The van der Waals surface area contributed by atoms with Crippen molar-refractivity contribution in [1.82, 2.24) is 4.90 Å². The highest BCUT2D eigenvalue weighted by atomic mass is 19.1. The fraction of sp³-hybridized carbons (Fsp3) is 0.533. The molecule has 0 fully saturated rings. The summed E-state index contributed by atoms with van der Waals surface area (Å²) in [4.78, 5) is 13.9. The summed E-state index contributed by atoms with van der Waals surface area (Å²) in [5.41, 5.74) is 0.999. The van der Waals surface area contributed by atoms with E-state index in [-0.39, 0.29) is 11.6 Å². The number of rotatable bonds is 6. The topological polar surface area (TPSA) is 52.6 Å². The van der Waals surface area contributed by atoms with Gasteiger partial charge in [-0.1, -0.05) is 6.07 Å². The summed E-state index contributed by atoms with van der Waals surface area (Å²) in [5, 5.41) is 11.8. The molecule has 1 amide bonds. The van der Waals surface area contributed by atoms with E-state index >= 15 is 0 Å². The summed E-state index contributed by atoms with van der Waals surface area (Å²) in [6, 6.07) is 4.30. The normalized spacial score (nSPS) is 14.2. The number of nitrogens with zero attached hydrogens (tertiary/aromatic N) is 1. The van der Waals surface area contributed by atoms with Crippen LogP contribution in [0.5, 0.6) is 0 Å². The van der Waals surface area contributed by atoms with Crippen LogP contribution >= 0.6 is 0 Å². The fourth-order valence-corrected chi connectivity index (χ4v) is 1.74. The van der Waals surface area contributed by atoms with Crippen molar-refractivity contribution in [2.45, 2.75) is 39.3 Å². The number of aryl methyl sites for hydroxylation is 1. The second-order valence-corrected chi connectivity index (χ2v) is 5.27. The molecule has 1 aromatic carbocycles. The van der Waals surface area contributed by atoms with Gasteiger partial charge in [-0.25, -0.2) is 4.39 Å². The lowest BCUT2D eigenvalue weighted by Crippen LogP contribution is -2.40. The van der Waals surface area contributed by atoms with E-state index in [2.05, 4.69) is 5.32 Å². The minimum Gasteiger partial charge on any atom is -0.393 e. The molecule has 20 heavy (non-hydrogen) atoms. The number of benzene rings is 1. The first-order chi connectivity index (χ1) is 9.31. The Morgan fingerprint density at radius 2 is 2.10 bits per heavy atom. The van der Waals surface area contributed by atoms with Gasteiger partial charge in [-0.05, 0) is 51.9 Å². The zero-order valence-corrected chi connectivity index (χ0v) is 12.5. The van der Waals surface area contributed by atoms with Gasteiger partial charge in [0, 0.05) is 6.54 Å². The zero-order valence-electron chi connectivity index (χ0n) is 12.5. The summed E-state index contributed by atoms with van der Waals surface area (Å²) in [7, 11) is 1.80. The van der Waals surface area contributed by atoms with Crippen molar-refractivity contribution in [3.8, 4) is 0 Å². The maximum Gasteiger partial charge on any atom is 0.241 e. The van der Waals surface area contributed by atoms with Gasteiger partial charge in [0.05, 0.1) is 17.8 Å². The zero-order chi connectivity index (χ0) is 15.3. The van der Waals surface area contributed by atoms with Crippen molar-refractivity contribution in [3.63, 3.8) is 0 Å². The van der Waals surface area contributed by atoms with E-state index < -0.39 is 18.0 Å². The van der Waals surface area contributed by atoms with Gasteiger partial charge in [0.1, 0.15) is 5.82 Å². The number of carbonyl (C=O) groups is 1. The van der Waals surface area contributed by atoms with E-state index in [9.17, 15) is 14.3 Å². The summed E-state index contributed by atoms with van der Waals surface area (Å²) in [5.74, 6) is -0.696. The van der Waals surface area contributed by atoms with Gasteiger partial charge >= 0.3 is 0 Å². The highest BCUT2D eigenvalue weighted by Gasteiger charge is 2.19. The summed E-state index contributed by atoms with van der Waals surface area (Å²) in [6.45, 7) is 5.85. The number of hydrogen-bond acceptors (Lipinski definition) is 3. The molecule has 0 aliphatic carbocycles. The van der Waals surface area contributed by atoms with Crippen molar-refractivity contribution in [1.29, 1.82) is 0 Å². The van der Waals surface area contributed by atoms with Crippen LogP contribution in [-0.2, 0) is 4.79 Å². The molecule has 112 valence electrons. The number of likely N-dealkylation sites (N-methyl/N-ethyl adjacent to an activating group) is 1. The van der Waals surface area contributed by atoms with Gasteiger partial charge in [-0.3, -0.25) is 9.69 Å². The molecule has 0 aromatic heterocycles. The monoisotopic (exact) mass is 282 g/mol. The second kappa shape index (κ2) is 7.36. The number of hydrogen-bond donors (Lipinski definition) is 2. The summed E-state index contributed by atoms with van der Waals surface area (Å²) < 4.78 is 13.7. The molecule has 0 aliphatic heterocycles. The number of amides is 1. The first-order valence-corrected chi connectivity index (χ1v) is 6.76. The van der Waals surface area contributed by atoms with Gasteiger partial charge < -0.3 is 10.4 Å². The standard InChI is InChI=1S/C15H23FN2O2/c1-10-5-6-14(13(16)9-10)17-15(20)12(3)18(4)8-7-11(2)19/h5-6,9,11-12,19H,7-8H2,1-4H3,(H,17,20). The molecule has 0 saturated carbocycles. The number of nitrogens with one attached hydrogen (secondary N) is 1. The average Bonchev–Trinajstić information content (AvgIpc) is 2.38. The van der Waals surface area contributed by atoms with Crippen LogP contribution < -0.4 is 5.32 Å². The molecule has 4 nitrogen and oxygen atoms in total. The third kappa shape index (κ3) is 4.90. The second-order valence-electron chi connectivity index (χ2n) is 5.27. The van der Waals surface area contributed by atoms with Crippen LogP contribution in [0.2, 0.25) is 0 Å². The van der Waals surface area contributed by atoms with Crippen molar-refractivity contribution in [3.05, 3.63) is 29.6 Å². The number of carbonyl (C=O) groups excluding carboxylic acids is 1. The maximum absolute atomic E-state index is 13.7. The minimum atomic E-state index is -0.433. The Bertz CT molecular complexity index is 463. The number of aliphatic hydroxyl groups is 1. The lowest BCUT2D eigenvalue weighted by Gasteiger charge is -2.24. The largest absolute Gasteiger partial charge is 0.393 e. The number of anilines is 1. The van der Waals surface area contributed by atoms with Gasteiger partial charge in [-0.2, -0.15) is 0 Å². The third-order valence-electron chi connectivity index (χ3n) is 3.32. The van der Waals surface area contributed by atoms with Gasteiger partial charge in [0.25, 0.3) is 0 Å². The average molecular weight is 282 g/mol. The van der Waals surface area contributed by atoms with Crippen LogP contribution in [-0.4, -0.2) is 41.7 Å². The number of halogens is 1.